The molecule has 1 heterocycles. The van der Waals surface area contributed by atoms with Gasteiger partial charge in [0.05, 0.1) is 29.1 Å². The minimum Gasteiger partial charge on any atom is -0.504 e. The Balaban J connectivity index is 1.50. The first-order chi connectivity index (χ1) is 19.5. The van der Waals surface area contributed by atoms with Crippen molar-refractivity contribution in [2.45, 2.75) is 18.8 Å². The first kappa shape index (κ1) is 27.8. The van der Waals surface area contributed by atoms with Gasteiger partial charge in [-0.3, -0.25) is 24.1 Å². The maximum Gasteiger partial charge on any atom is 0.488 e. The van der Waals surface area contributed by atoms with Gasteiger partial charge >= 0.3 is 7.12 Å². The highest BCUT2D eigenvalue weighted by atomic mass is 79.9. The highest BCUT2D eigenvalue weighted by molar-refractivity contribution is 9.12. The van der Waals surface area contributed by atoms with Crippen LogP contribution < -0.4 is 15.1 Å². The Bertz CT molecular complexity index is 1660. The second kappa shape index (κ2) is 10.2. The lowest BCUT2D eigenvalue weighted by Crippen LogP contribution is -2.39. The summed E-state index contributed by atoms with van der Waals surface area (Å²) in [5.41, 5.74) is 1.83. The third kappa shape index (κ3) is 4.27. The summed E-state index contributed by atoms with van der Waals surface area (Å²) in [5.74, 6) is -4.68. The van der Waals surface area contributed by atoms with Gasteiger partial charge in [-0.15, -0.1) is 0 Å². The maximum absolute atomic E-state index is 14.0. The lowest BCUT2D eigenvalue weighted by atomic mass is 9.59. The average molecular weight is 683 g/mol. The van der Waals surface area contributed by atoms with Crippen molar-refractivity contribution in [3.63, 3.8) is 0 Å². The van der Waals surface area contributed by atoms with Gasteiger partial charge in [0.1, 0.15) is 0 Å². The first-order valence-electron chi connectivity index (χ1n) is 12.8. The number of rotatable bonds is 4. The van der Waals surface area contributed by atoms with E-state index >= 15 is 0 Å². The van der Waals surface area contributed by atoms with Crippen LogP contribution in [-0.4, -0.2) is 52.8 Å². The number of benzene rings is 2. The molecule has 1 fully saturated rings. The molecule has 4 atom stereocenters. The molecule has 41 heavy (non-hydrogen) atoms. The number of aromatic hydroxyl groups is 1. The Hall–Kier alpha value is -3.32. The van der Waals surface area contributed by atoms with Crippen LogP contribution in [0, 0.1) is 17.8 Å². The van der Waals surface area contributed by atoms with Crippen molar-refractivity contribution < 1.29 is 39.1 Å². The van der Waals surface area contributed by atoms with Crippen molar-refractivity contribution in [2.24, 2.45) is 17.8 Å². The number of imide groups is 1. The number of methoxy groups -OCH3 is 1. The molecule has 1 saturated heterocycles. The quantitative estimate of drug-likeness (QED) is 0.194. The van der Waals surface area contributed by atoms with E-state index < -0.39 is 42.6 Å². The van der Waals surface area contributed by atoms with Gasteiger partial charge in [-0.25, -0.2) is 0 Å². The van der Waals surface area contributed by atoms with E-state index in [4.69, 9.17) is 4.74 Å². The number of ketones is 2. The molecular formula is C29H22BBr2NO8. The summed E-state index contributed by atoms with van der Waals surface area (Å²) >= 11 is 6.64. The van der Waals surface area contributed by atoms with Gasteiger partial charge in [0.15, 0.2) is 23.1 Å². The van der Waals surface area contributed by atoms with E-state index in [1.54, 1.807) is 18.2 Å². The summed E-state index contributed by atoms with van der Waals surface area (Å²) < 4.78 is 6.04. The fraction of sp³-hybridized carbons (Fsp3) is 0.241. The van der Waals surface area contributed by atoms with Gasteiger partial charge in [-0.1, -0.05) is 39.7 Å². The summed E-state index contributed by atoms with van der Waals surface area (Å²) in [4.78, 5) is 55.5. The summed E-state index contributed by atoms with van der Waals surface area (Å²) in [6, 6.07) is 9.18. The number of amides is 2. The minimum absolute atomic E-state index is 0.0699. The number of fused-ring (bicyclic) bond motifs is 3. The van der Waals surface area contributed by atoms with E-state index in [0.29, 0.717) is 15.6 Å². The number of Topliss-reactive ketones (excluding diaryl/α,β-unsaturated/α-hetero) is 1. The van der Waals surface area contributed by atoms with Crippen LogP contribution in [-0.2, 0) is 19.2 Å². The summed E-state index contributed by atoms with van der Waals surface area (Å²) in [6.45, 7) is 0. The number of phenolic OH excluding ortho intramolecular Hbond substituents is 1. The molecule has 0 spiro atoms. The third-order valence-corrected chi connectivity index (χ3v) is 9.40. The second-order valence-corrected chi connectivity index (χ2v) is 12.2. The molecular weight excluding hydrogens is 661 g/mol. The van der Waals surface area contributed by atoms with Gasteiger partial charge < -0.3 is 19.9 Å². The Morgan fingerprint density at radius 1 is 1.02 bits per heavy atom. The van der Waals surface area contributed by atoms with Crippen molar-refractivity contribution in [1.82, 2.24) is 0 Å². The fourth-order valence-corrected chi connectivity index (χ4v) is 7.51. The predicted octanol–water partition coefficient (Wildman–Crippen LogP) is 2.81. The molecule has 208 valence electrons. The molecule has 4 unspecified atom stereocenters. The summed E-state index contributed by atoms with van der Waals surface area (Å²) in [6.07, 6.45) is 3.36. The van der Waals surface area contributed by atoms with Crippen molar-refractivity contribution >= 4 is 73.5 Å². The number of ether oxygens (including phenoxy) is 1. The molecule has 0 saturated carbocycles. The predicted molar refractivity (Wildman–Crippen MR) is 156 cm³/mol. The van der Waals surface area contributed by atoms with Crippen molar-refractivity contribution in [3.8, 4) is 11.5 Å². The van der Waals surface area contributed by atoms with Gasteiger partial charge in [-0.05, 0) is 64.4 Å². The second-order valence-electron chi connectivity index (χ2n) is 10.4. The summed E-state index contributed by atoms with van der Waals surface area (Å²) in [5, 5.41) is 30.5. The highest BCUT2D eigenvalue weighted by Gasteiger charge is 2.57. The molecule has 12 heteroatoms. The molecule has 3 aliphatic carbocycles. The zero-order valence-electron chi connectivity index (χ0n) is 21.5. The van der Waals surface area contributed by atoms with E-state index in [-0.39, 0.29) is 62.7 Å². The number of carbonyl (C=O) groups excluding carboxylic acids is 4. The topological polar surface area (TPSA) is 141 Å². The van der Waals surface area contributed by atoms with Crippen LogP contribution >= 0.6 is 31.9 Å². The number of allylic oxidation sites excluding steroid dienone is 6. The Kier molecular flexibility index (Phi) is 6.92. The molecule has 0 aromatic heterocycles. The Labute approximate surface area is 251 Å². The first-order valence-corrected chi connectivity index (χ1v) is 14.4. The lowest BCUT2D eigenvalue weighted by Gasteiger charge is -2.42. The number of nitrogens with zero attached hydrogens (tertiary/aromatic N) is 1. The van der Waals surface area contributed by atoms with Crippen LogP contribution in [0.5, 0.6) is 11.5 Å². The zero-order chi connectivity index (χ0) is 29.3. The largest absolute Gasteiger partial charge is 0.504 e. The van der Waals surface area contributed by atoms with E-state index in [0.717, 1.165) is 4.90 Å². The molecule has 0 bridgehead atoms. The van der Waals surface area contributed by atoms with Crippen molar-refractivity contribution in [1.29, 1.82) is 0 Å². The standard InChI is InChI=1S/C29H22BBr2NO8/c1-41-22-9-13(31)8-18(27(22)36)23-15-5-6-16-24(17(15)10-19-25(23)21(34)11-20(32)26(19)35)29(38)33(28(16)37)14-4-2-3-12(7-14)30(39)40/h2-5,7-9,11,16-17,23-24,36,39-40H,6,10H2,1H3. The van der Waals surface area contributed by atoms with Gasteiger partial charge in [0.2, 0.25) is 11.8 Å². The van der Waals surface area contributed by atoms with E-state index in [2.05, 4.69) is 31.9 Å². The molecule has 0 radical (unpaired) electrons. The van der Waals surface area contributed by atoms with Crippen LogP contribution in [0.2, 0.25) is 0 Å². The molecule has 9 nitrogen and oxygen atoms in total. The molecule has 2 aromatic carbocycles. The minimum atomic E-state index is -1.78. The third-order valence-electron chi connectivity index (χ3n) is 8.36. The molecule has 3 N–H and O–H groups in total. The SMILES string of the molecule is COc1cc(Br)cc(C2C3=CCC4C(=O)N(c5cccc(B(O)O)c5)C(=O)C4C3CC3=C2C(=O)C=C(Br)C3=O)c1O. The van der Waals surface area contributed by atoms with E-state index in [1.807, 2.05) is 6.08 Å². The highest BCUT2D eigenvalue weighted by Crippen LogP contribution is 2.57. The number of halogens is 2. The van der Waals surface area contributed by atoms with E-state index in [9.17, 15) is 34.3 Å². The van der Waals surface area contributed by atoms with Gasteiger partial charge in [0, 0.05) is 33.2 Å². The number of hydrogen-bond acceptors (Lipinski definition) is 8. The lowest BCUT2D eigenvalue weighted by molar-refractivity contribution is -0.123. The van der Waals surface area contributed by atoms with Crippen LogP contribution in [0.25, 0.3) is 0 Å². The molecule has 4 aliphatic rings. The Morgan fingerprint density at radius 2 is 1.78 bits per heavy atom. The normalized spacial score (nSPS) is 25.4. The number of carbonyl (C=O) groups is 4. The van der Waals surface area contributed by atoms with Crippen molar-refractivity contribution in [2.75, 3.05) is 12.0 Å². The maximum atomic E-state index is 14.0. The average Bonchev–Trinajstić information content (AvgIpc) is 3.21. The molecule has 2 amide bonds. The smallest absolute Gasteiger partial charge is 0.488 e. The Morgan fingerprint density at radius 3 is 2.49 bits per heavy atom. The molecule has 2 aromatic rings. The molecule has 1 aliphatic heterocycles. The van der Waals surface area contributed by atoms with Gasteiger partial charge in [0.25, 0.3) is 0 Å². The van der Waals surface area contributed by atoms with Crippen molar-refractivity contribution in [3.05, 3.63) is 79.8 Å². The van der Waals surface area contributed by atoms with Crippen LogP contribution in [0.3, 0.4) is 0 Å². The number of phenols is 1. The van der Waals surface area contributed by atoms with Crippen LogP contribution in [0.1, 0.15) is 24.3 Å². The number of hydrogen-bond donors (Lipinski definition) is 3. The van der Waals surface area contributed by atoms with Gasteiger partial charge in [-0.2, -0.15) is 0 Å². The molecule has 6 rings (SSSR count). The van der Waals surface area contributed by atoms with Crippen LogP contribution in [0.4, 0.5) is 5.69 Å². The van der Waals surface area contributed by atoms with Crippen LogP contribution in [0.15, 0.2) is 74.2 Å². The fourth-order valence-electron chi connectivity index (χ4n) is 6.61. The summed E-state index contributed by atoms with van der Waals surface area (Å²) in [7, 11) is -0.375. The monoisotopic (exact) mass is 681 g/mol. The number of anilines is 1. The van der Waals surface area contributed by atoms with E-state index in [1.165, 1.54) is 31.4 Å². The zero-order valence-corrected chi connectivity index (χ0v) is 24.7.